The van der Waals surface area contributed by atoms with Crippen molar-refractivity contribution in [2.45, 2.75) is 5.54 Å². The van der Waals surface area contributed by atoms with Crippen molar-refractivity contribution in [2.75, 3.05) is 11.9 Å². The number of hydrazine groups is 1. The molecule has 0 atom stereocenters. The van der Waals surface area contributed by atoms with Crippen molar-refractivity contribution >= 4 is 52.5 Å². The van der Waals surface area contributed by atoms with Crippen LogP contribution in [-0.4, -0.2) is 34.4 Å². The van der Waals surface area contributed by atoms with Crippen LogP contribution in [0.25, 0.3) is 0 Å². The third kappa shape index (κ3) is 4.70. The van der Waals surface area contributed by atoms with Crippen LogP contribution in [0.5, 0.6) is 0 Å². The molecule has 4 amide bonds. The van der Waals surface area contributed by atoms with Gasteiger partial charge in [0.15, 0.2) is 10.7 Å². The molecule has 0 aliphatic carbocycles. The molecule has 3 aromatic rings. The standard InChI is InChI=1S/C24H20ClN5O3S/c25-18-11-13-19(14-12-18)26-22(34)29-28-20(31)15-30-21(32)24(27-23(30)33,16-7-3-1-4-8-16)17-9-5-2-6-10-17/h1-14H,15H2,(H,27,33)(H,28,31)(H2,26,29,34). The second-order valence-corrected chi connectivity index (χ2v) is 8.28. The first-order valence-electron chi connectivity index (χ1n) is 10.3. The highest BCUT2D eigenvalue weighted by molar-refractivity contribution is 7.80. The Labute approximate surface area is 206 Å². The van der Waals surface area contributed by atoms with Gasteiger partial charge in [-0.05, 0) is 47.6 Å². The Kier molecular flexibility index (Phi) is 6.76. The molecule has 34 heavy (non-hydrogen) atoms. The van der Waals surface area contributed by atoms with Gasteiger partial charge < -0.3 is 10.6 Å². The van der Waals surface area contributed by atoms with Gasteiger partial charge in [0, 0.05) is 10.7 Å². The summed E-state index contributed by atoms with van der Waals surface area (Å²) in [5, 5.41) is 6.37. The summed E-state index contributed by atoms with van der Waals surface area (Å²) < 4.78 is 0. The first kappa shape index (κ1) is 23.2. The Bertz CT molecular complexity index is 1180. The minimum absolute atomic E-state index is 0.121. The maximum absolute atomic E-state index is 13.6. The molecule has 1 aliphatic heterocycles. The van der Waals surface area contributed by atoms with E-state index in [1.165, 1.54) is 0 Å². The SMILES string of the molecule is O=C(CN1C(=O)NC(c2ccccc2)(c2ccccc2)C1=O)NNC(=S)Nc1ccc(Cl)cc1. The van der Waals surface area contributed by atoms with Gasteiger partial charge in [0.05, 0.1) is 0 Å². The molecular formula is C24H20ClN5O3S. The molecule has 1 fully saturated rings. The van der Waals surface area contributed by atoms with Crippen LogP contribution in [0.1, 0.15) is 11.1 Å². The molecule has 8 nitrogen and oxygen atoms in total. The fourth-order valence-corrected chi connectivity index (χ4v) is 3.95. The minimum Gasteiger partial charge on any atom is -0.331 e. The number of carbonyl (C=O) groups excluding carboxylic acids is 3. The van der Waals surface area contributed by atoms with Crippen LogP contribution in [0, 0.1) is 0 Å². The van der Waals surface area contributed by atoms with E-state index in [4.69, 9.17) is 23.8 Å². The maximum Gasteiger partial charge on any atom is 0.326 e. The number of benzene rings is 3. The summed E-state index contributed by atoms with van der Waals surface area (Å²) in [4.78, 5) is 39.8. The van der Waals surface area contributed by atoms with Crippen molar-refractivity contribution in [3.63, 3.8) is 0 Å². The lowest BCUT2D eigenvalue weighted by Crippen LogP contribution is -2.49. The lowest BCUT2D eigenvalue weighted by atomic mass is 9.82. The van der Waals surface area contributed by atoms with Gasteiger partial charge >= 0.3 is 6.03 Å². The highest BCUT2D eigenvalue weighted by Gasteiger charge is 2.54. The third-order valence-corrected chi connectivity index (χ3v) is 5.69. The minimum atomic E-state index is -1.43. The molecule has 1 saturated heterocycles. The number of urea groups is 1. The normalized spacial score (nSPS) is 14.3. The largest absolute Gasteiger partial charge is 0.331 e. The molecule has 172 valence electrons. The fourth-order valence-electron chi connectivity index (χ4n) is 3.66. The summed E-state index contributed by atoms with van der Waals surface area (Å²) >= 11 is 11.0. The zero-order valence-corrected chi connectivity index (χ0v) is 19.3. The van der Waals surface area contributed by atoms with Crippen molar-refractivity contribution in [1.82, 2.24) is 21.1 Å². The Morgan fingerprint density at radius 2 is 1.44 bits per heavy atom. The van der Waals surface area contributed by atoms with Crippen molar-refractivity contribution in [1.29, 1.82) is 0 Å². The summed E-state index contributed by atoms with van der Waals surface area (Å²) in [5.41, 5.74) is 5.37. The van der Waals surface area contributed by atoms with E-state index in [1.54, 1.807) is 72.8 Å². The topological polar surface area (TPSA) is 103 Å². The zero-order valence-electron chi connectivity index (χ0n) is 17.7. The molecule has 4 N–H and O–H groups in total. The number of imide groups is 1. The van der Waals surface area contributed by atoms with Gasteiger partial charge in [-0.3, -0.25) is 25.3 Å². The fraction of sp³-hybridized carbons (Fsp3) is 0.0833. The van der Waals surface area contributed by atoms with Crippen molar-refractivity contribution in [3.05, 3.63) is 101 Å². The Morgan fingerprint density at radius 1 is 0.882 bits per heavy atom. The van der Waals surface area contributed by atoms with Crippen LogP contribution >= 0.6 is 23.8 Å². The van der Waals surface area contributed by atoms with Gasteiger partial charge in [0.1, 0.15) is 6.54 Å². The number of nitrogens with one attached hydrogen (secondary N) is 4. The molecular weight excluding hydrogens is 474 g/mol. The summed E-state index contributed by atoms with van der Waals surface area (Å²) in [6, 6.07) is 24.0. The molecule has 0 saturated carbocycles. The van der Waals surface area contributed by atoms with Gasteiger partial charge in [-0.25, -0.2) is 4.79 Å². The molecule has 10 heteroatoms. The number of nitrogens with zero attached hydrogens (tertiary/aromatic N) is 1. The summed E-state index contributed by atoms with van der Waals surface area (Å²) in [5.74, 6) is -1.17. The Hall–Kier alpha value is -3.95. The number of thiocarbonyl (C=S) groups is 1. The van der Waals surface area contributed by atoms with Crippen molar-refractivity contribution in [3.8, 4) is 0 Å². The number of hydrogen-bond acceptors (Lipinski definition) is 4. The Balaban J connectivity index is 1.46. The molecule has 0 bridgehead atoms. The van der Waals surface area contributed by atoms with Crippen LogP contribution in [-0.2, 0) is 15.1 Å². The van der Waals surface area contributed by atoms with Crippen molar-refractivity contribution in [2.24, 2.45) is 0 Å². The monoisotopic (exact) mass is 493 g/mol. The molecule has 0 radical (unpaired) electrons. The number of halogens is 1. The first-order valence-corrected chi connectivity index (χ1v) is 11.1. The summed E-state index contributed by atoms with van der Waals surface area (Å²) in [6.45, 7) is -0.497. The van der Waals surface area contributed by atoms with E-state index in [0.717, 1.165) is 4.90 Å². The van der Waals surface area contributed by atoms with Gasteiger partial charge in [0.2, 0.25) is 0 Å². The molecule has 1 aliphatic rings. The zero-order chi connectivity index (χ0) is 24.1. The average Bonchev–Trinajstić information content (AvgIpc) is 3.11. The summed E-state index contributed by atoms with van der Waals surface area (Å²) in [6.07, 6.45) is 0. The highest BCUT2D eigenvalue weighted by Crippen LogP contribution is 2.35. The number of anilines is 1. The quantitative estimate of drug-likeness (QED) is 0.247. The predicted molar refractivity (Wildman–Crippen MR) is 133 cm³/mol. The van der Waals surface area contributed by atoms with Gasteiger partial charge in [0.25, 0.3) is 11.8 Å². The average molecular weight is 494 g/mol. The van der Waals surface area contributed by atoms with Crippen molar-refractivity contribution < 1.29 is 14.4 Å². The number of carbonyl (C=O) groups is 3. The van der Waals surface area contributed by atoms with Crippen LogP contribution in [0.15, 0.2) is 84.9 Å². The highest BCUT2D eigenvalue weighted by atomic mass is 35.5. The second kappa shape index (κ2) is 9.90. The number of hydrogen-bond donors (Lipinski definition) is 4. The molecule has 3 aromatic carbocycles. The lowest BCUT2D eigenvalue weighted by molar-refractivity contribution is -0.134. The lowest BCUT2D eigenvalue weighted by Gasteiger charge is -2.28. The Morgan fingerprint density at radius 3 is 2.00 bits per heavy atom. The van der Waals surface area contributed by atoms with Gasteiger partial charge in [-0.2, -0.15) is 0 Å². The smallest absolute Gasteiger partial charge is 0.326 e. The van der Waals surface area contributed by atoms with Crippen LogP contribution in [0.3, 0.4) is 0 Å². The predicted octanol–water partition coefficient (Wildman–Crippen LogP) is 3.15. The van der Waals surface area contributed by atoms with E-state index in [9.17, 15) is 14.4 Å². The van der Waals surface area contributed by atoms with Gasteiger partial charge in [-0.1, -0.05) is 72.3 Å². The second-order valence-electron chi connectivity index (χ2n) is 7.44. The van der Waals surface area contributed by atoms with E-state index < -0.39 is 29.9 Å². The number of rotatable bonds is 5. The van der Waals surface area contributed by atoms with Crippen LogP contribution < -0.4 is 21.5 Å². The van der Waals surface area contributed by atoms with E-state index >= 15 is 0 Å². The molecule has 0 unspecified atom stereocenters. The van der Waals surface area contributed by atoms with Crippen LogP contribution in [0.2, 0.25) is 5.02 Å². The van der Waals surface area contributed by atoms with E-state index in [2.05, 4.69) is 21.5 Å². The summed E-state index contributed by atoms with van der Waals surface area (Å²) in [7, 11) is 0. The van der Waals surface area contributed by atoms with Gasteiger partial charge in [-0.15, -0.1) is 0 Å². The van der Waals surface area contributed by atoms with E-state index in [0.29, 0.717) is 21.8 Å². The first-order chi connectivity index (χ1) is 16.4. The van der Waals surface area contributed by atoms with E-state index in [-0.39, 0.29) is 5.11 Å². The molecule has 0 aromatic heterocycles. The third-order valence-electron chi connectivity index (χ3n) is 5.24. The number of amides is 4. The molecule has 4 rings (SSSR count). The molecule has 1 heterocycles. The van der Waals surface area contributed by atoms with E-state index in [1.807, 2.05) is 12.1 Å². The maximum atomic E-state index is 13.6. The van der Waals surface area contributed by atoms with Crippen LogP contribution in [0.4, 0.5) is 10.5 Å². The molecule has 0 spiro atoms.